The molecule has 0 aliphatic carbocycles. The minimum absolute atomic E-state index is 0.0997. The van der Waals surface area contributed by atoms with Crippen molar-refractivity contribution in [3.63, 3.8) is 0 Å². The molecule has 0 bridgehead atoms. The Bertz CT molecular complexity index is 641. The summed E-state index contributed by atoms with van der Waals surface area (Å²) in [5.41, 5.74) is 1.53. The van der Waals surface area contributed by atoms with Crippen molar-refractivity contribution in [2.45, 2.75) is 12.4 Å². The number of benzene rings is 1. The van der Waals surface area contributed by atoms with Gasteiger partial charge in [0.1, 0.15) is 5.82 Å². The van der Waals surface area contributed by atoms with E-state index in [4.69, 9.17) is 16.3 Å². The maximum Gasteiger partial charge on any atom is 0.271 e. The lowest BCUT2D eigenvalue weighted by Gasteiger charge is -2.09. The van der Waals surface area contributed by atoms with Crippen molar-refractivity contribution in [3.8, 4) is 11.3 Å². The van der Waals surface area contributed by atoms with Gasteiger partial charge in [0.15, 0.2) is 0 Å². The van der Waals surface area contributed by atoms with E-state index in [-0.39, 0.29) is 17.3 Å². The van der Waals surface area contributed by atoms with Gasteiger partial charge in [0.05, 0.1) is 24.7 Å². The molecule has 0 aliphatic heterocycles. The monoisotopic (exact) mass is 296 g/mol. The van der Waals surface area contributed by atoms with Crippen molar-refractivity contribution in [2.75, 3.05) is 13.7 Å². The first-order chi connectivity index (χ1) is 9.65. The van der Waals surface area contributed by atoms with E-state index >= 15 is 0 Å². The molecule has 106 valence electrons. The van der Waals surface area contributed by atoms with Crippen molar-refractivity contribution >= 4 is 11.6 Å². The van der Waals surface area contributed by atoms with Crippen molar-refractivity contribution in [1.82, 2.24) is 9.78 Å². The van der Waals surface area contributed by atoms with Crippen molar-refractivity contribution in [1.29, 1.82) is 0 Å². The summed E-state index contributed by atoms with van der Waals surface area (Å²) in [4.78, 5) is 12.0. The molecule has 0 fully saturated rings. The second kappa shape index (κ2) is 6.63. The van der Waals surface area contributed by atoms with E-state index in [0.717, 1.165) is 5.56 Å². The predicted molar refractivity (Wildman–Crippen MR) is 75.3 cm³/mol. The zero-order valence-electron chi connectivity index (χ0n) is 11.0. The third-order valence-electron chi connectivity index (χ3n) is 2.84. The molecule has 6 heteroatoms. The van der Waals surface area contributed by atoms with Crippen molar-refractivity contribution in [3.05, 3.63) is 52.1 Å². The fourth-order valence-corrected chi connectivity index (χ4v) is 1.98. The lowest BCUT2D eigenvalue weighted by atomic mass is 10.1. The molecule has 0 atom stereocenters. The Balaban J connectivity index is 2.47. The van der Waals surface area contributed by atoms with Crippen LogP contribution in [0.5, 0.6) is 0 Å². The smallest absolute Gasteiger partial charge is 0.271 e. The van der Waals surface area contributed by atoms with Crippen LogP contribution in [-0.4, -0.2) is 23.5 Å². The Kier molecular flexibility index (Phi) is 4.87. The van der Waals surface area contributed by atoms with Crippen LogP contribution in [0.1, 0.15) is 5.56 Å². The van der Waals surface area contributed by atoms with Gasteiger partial charge in [0.25, 0.3) is 5.56 Å². The largest absolute Gasteiger partial charge is 0.383 e. The van der Waals surface area contributed by atoms with Gasteiger partial charge >= 0.3 is 0 Å². The zero-order valence-corrected chi connectivity index (χ0v) is 11.7. The Hall–Kier alpha value is -1.72. The molecule has 0 amide bonds. The van der Waals surface area contributed by atoms with Crippen molar-refractivity contribution < 1.29 is 9.13 Å². The fraction of sp³-hybridized carbons (Fsp3) is 0.286. The SMILES string of the molecule is COCCn1nc(-c2ccc(F)cc2)cc(CCl)c1=O. The van der Waals surface area contributed by atoms with E-state index in [2.05, 4.69) is 5.10 Å². The number of ether oxygens (including phenoxy) is 1. The van der Waals surface area contributed by atoms with E-state index in [9.17, 15) is 9.18 Å². The molecule has 0 spiro atoms. The average molecular weight is 297 g/mol. The summed E-state index contributed by atoms with van der Waals surface area (Å²) in [6, 6.07) is 7.55. The number of methoxy groups -OCH3 is 1. The van der Waals surface area contributed by atoms with Crippen LogP contribution in [0.2, 0.25) is 0 Å². The number of halogens is 2. The van der Waals surface area contributed by atoms with Gasteiger partial charge in [0, 0.05) is 18.2 Å². The van der Waals surface area contributed by atoms with Gasteiger partial charge in [-0.3, -0.25) is 4.79 Å². The average Bonchev–Trinajstić information content (AvgIpc) is 2.47. The van der Waals surface area contributed by atoms with Crippen LogP contribution >= 0.6 is 11.6 Å². The molecule has 0 unspecified atom stereocenters. The molecule has 0 saturated carbocycles. The maximum atomic E-state index is 12.9. The summed E-state index contributed by atoms with van der Waals surface area (Å²) < 4.78 is 19.2. The van der Waals surface area contributed by atoms with Gasteiger partial charge in [-0.2, -0.15) is 5.10 Å². The number of hydrogen-bond acceptors (Lipinski definition) is 3. The van der Waals surface area contributed by atoms with Gasteiger partial charge in [-0.15, -0.1) is 11.6 Å². The highest BCUT2D eigenvalue weighted by atomic mass is 35.5. The highest BCUT2D eigenvalue weighted by Crippen LogP contribution is 2.17. The molecular formula is C14H14ClFN2O2. The Morgan fingerprint density at radius 1 is 1.35 bits per heavy atom. The summed E-state index contributed by atoms with van der Waals surface area (Å²) in [5, 5.41) is 4.26. The standard InChI is InChI=1S/C14H14ClFN2O2/c1-20-7-6-18-14(19)11(9-15)8-13(17-18)10-2-4-12(16)5-3-10/h2-5,8H,6-7,9H2,1H3. The van der Waals surface area contributed by atoms with Crippen LogP contribution in [0.3, 0.4) is 0 Å². The van der Waals surface area contributed by atoms with Crippen LogP contribution < -0.4 is 5.56 Å². The Morgan fingerprint density at radius 3 is 2.65 bits per heavy atom. The summed E-state index contributed by atoms with van der Waals surface area (Å²) in [6.45, 7) is 0.718. The zero-order chi connectivity index (χ0) is 14.5. The molecule has 1 aromatic heterocycles. The number of rotatable bonds is 5. The number of nitrogens with zero attached hydrogens (tertiary/aromatic N) is 2. The normalized spacial score (nSPS) is 10.8. The molecule has 0 saturated heterocycles. The van der Waals surface area contributed by atoms with Crippen molar-refractivity contribution in [2.24, 2.45) is 0 Å². The first-order valence-corrected chi connectivity index (χ1v) is 6.61. The second-order valence-corrected chi connectivity index (χ2v) is 4.48. The van der Waals surface area contributed by atoms with Gasteiger partial charge in [-0.05, 0) is 30.3 Å². The summed E-state index contributed by atoms with van der Waals surface area (Å²) in [7, 11) is 1.55. The van der Waals surface area contributed by atoms with Gasteiger partial charge in [-0.25, -0.2) is 9.07 Å². The van der Waals surface area contributed by atoms with Crippen LogP contribution in [0.25, 0.3) is 11.3 Å². The molecule has 2 aromatic rings. The summed E-state index contributed by atoms with van der Waals surface area (Å²) in [5.74, 6) is -0.221. The molecule has 4 nitrogen and oxygen atoms in total. The predicted octanol–water partition coefficient (Wildman–Crippen LogP) is 2.43. The van der Waals surface area contributed by atoms with Crippen LogP contribution in [0.4, 0.5) is 4.39 Å². The molecule has 20 heavy (non-hydrogen) atoms. The second-order valence-electron chi connectivity index (χ2n) is 4.22. The summed E-state index contributed by atoms with van der Waals surface area (Å²) >= 11 is 5.79. The van der Waals surface area contributed by atoms with Gasteiger partial charge in [0.2, 0.25) is 0 Å². The quantitative estimate of drug-likeness (QED) is 0.796. The number of alkyl halides is 1. The molecular weight excluding hydrogens is 283 g/mol. The van der Waals surface area contributed by atoms with Gasteiger partial charge < -0.3 is 4.74 Å². The van der Waals surface area contributed by atoms with Gasteiger partial charge in [-0.1, -0.05) is 0 Å². The summed E-state index contributed by atoms with van der Waals surface area (Å²) in [6.07, 6.45) is 0. The lowest BCUT2D eigenvalue weighted by Crippen LogP contribution is -2.27. The lowest BCUT2D eigenvalue weighted by molar-refractivity contribution is 0.182. The van der Waals surface area contributed by atoms with Crippen LogP contribution in [0.15, 0.2) is 35.1 Å². The highest BCUT2D eigenvalue weighted by Gasteiger charge is 2.09. The minimum Gasteiger partial charge on any atom is -0.383 e. The first-order valence-electron chi connectivity index (χ1n) is 6.07. The van der Waals surface area contributed by atoms with E-state index < -0.39 is 0 Å². The molecule has 2 rings (SSSR count). The van der Waals surface area contributed by atoms with E-state index in [1.165, 1.54) is 16.8 Å². The van der Waals surface area contributed by atoms with E-state index in [1.54, 1.807) is 25.3 Å². The number of aromatic nitrogens is 2. The number of hydrogen-bond donors (Lipinski definition) is 0. The third-order valence-corrected chi connectivity index (χ3v) is 3.13. The van der Waals surface area contributed by atoms with Crippen LogP contribution in [-0.2, 0) is 17.2 Å². The van der Waals surface area contributed by atoms with Crippen LogP contribution in [0, 0.1) is 5.82 Å². The fourth-order valence-electron chi connectivity index (χ4n) is 1.78. The first kappa shape index (κ1) is 14.7. The molecule has 0 radical (unpaired) electrons. The Labute approximate surface area is 120 Å². The third kappa shape index (κ3) is 3.23. The molecule has 0 aliphatic rings. The topological polar surface area (TPSA) is 44.1 Å². The molecule has 1 heterocycles. The van der Waals surface area contributed by atoms with E-state index in [1.807, 2.05) is 0 Å². The molecule has 0 N–H and O–H groups in total. The maximum absolute atomic E-state index is 12.9. The Morgan fingerprint density at radius 2 is 2.05 bits per heavy atom. The minimum atomic E-state index is -0.320. The van der Waals surface area contributed by atoms with E-state index in [0.29, 0.717) is 24.4 Å². The highest BCUT2D eigenvalue weighted by molar-refractivity contribution is 6.17. The molecule has 1 aromatic carbocycles.